The zero-order chi connectivity index (χ0) is 21.0. The fourth-order valence-corrected chi connectivity index (χ4v) is 3.71. The highest BCUT2D eigenvalue weighted by molar-refractivity contribution is 5.90. The third kappa shape index (κ3) is 2.83. The fraction of sp³-hybridized carbons (Fsp3) is 0.278. The Balaban J connectivity index is 1.65. The minimum absolute atomic E-state index is 0.108. The fourth-order valence-electron chi connectivity index (χ4n) is 3.71. The van der Waals surface area contributed by atoms with Crippen molar-refractivity contribution in [1.82, 2.24) is 34.7 Å². The maximum Gasteiger partial charge on any atom is 0.418 e. The molecule has 0 saturated heterocycles. The van der Waals surface area contributed by atoms with E-state index in [1.165, 1.54) is 29.6 Å². The Hall–Kier alpha value is -3.70. The van der Waals surface area contributed by atoms with Crippen molar-refractivity contribution < 1.29 is 22.4 Å². The first-order valence-corrected chi connectivity index (χ1v) is 9.01. The monoisotopic (exact) mass is 417 g/mol. The smallest absolute Gasteiger partial charge is 0.417 e. The molecule has 4 aromatic heterocycles. The number of aryl methyl sites for hydroxylation is 1. The summed E-state index contributed by atoms with van der Waals surface area (Å²) in [5.41, 5.74) is 0.641. The highest BCUT2D eigenvalue weighted by atomic mass is 19.4. The summed E-state index contributed by atoms with van der Waals surface area (Å²) >= 11 is 0. The number of alkyl halides is 3. The van der Waals surface area contributed by atoms with E-state index in [1.807, 2.05) is 0 Å². The number of hydrogen-bond donors (Lipinski definition) is 1. The molecule has 4 aromatic rings. The molecular weight excluding hydrogens is 403 g/mol. The number of H-pyrrole nitrogens is 1. The molecule has 1 N–H and O–H groups in total. The van der Waals surface area contributed by atoms with Gasteiger partial charge < -0.3 is 14.3 Å². The lowest BCUT2D eigenvalue weighted by Crippen LogP contribution is -2.41. The molecule has 0 spiro atoms. The predicted octanol–water partition coefficient (Wildman–Crippen LogP) is 2.56. The van der Waals surface area contributed by atoms with Gasteiger partial charge >= 0.3 is 18.0 Å². The van der Waals surface area contributed by atoms with E-state index in [0.29, 0.717) is 12.1 Å². The Labute approximate surface area is 166 Å². The largest absolute Gasteiger partial charge is 0.418 e. The van der Waals surface area contributed by atoms with Gasteiger partial charge in [0.1, 0.15) is 6.04 Å². The average Bonchev–Trinajstić information content (AvgIpc) is 3.43. The molecule has 1 aliphatic heterocycles. The predicted molar refractivity (Wildman–Crippen MR) is 94.4 cm³/mol. The van der Waals surface area contributed by atoms with E-state index in [0.717, 1.165) is 16.3 Å². The molecule has 0 bridgehead atoms. The maximum atomic E-state index is 13.4. The summed E-state index contributed by atoms with van der Waals surface area (Å²) in [7, 11) is 0. The third-order valence-corrected chi connectivity index (χ3v) is 5.00. The molecule has 12 heteroatoms. The van der Waals surface area contributed by atoms with Crippen molar-refractivity contribution in [3.05, 3.63) is 65.1 Å². The van der Waals surface area contributed by atoms with E-state index >= 15 is 0 Å². The van der Waals surface area contributed by atoms with Gasteiger partial charge in [-0.25, -0.2) is 9.50 Å². The lowest BCUT2D eigenvalue weighted by atomic mass is 9.99. The molecule has 0 radical (unpaired) electrons. The molecule has 5 heterocycles. The van der Waals surface area contributed by atoms with Gasteiger partial charge in [-0.05, 0) is 18.2 Å². The molecule has 0 saturated carbocycles. The molecule has 30 heavy (non-hydrogen) atoms. The molecule has 0 aliphatic carbocycles. The van der Waals surface area contributed by atoms with E-state index in [-0.39, 0.29) is 29.5 Å². The molecule has 1 atom stereocenters. The third-order valence-electron chi connectivity index (χ3n) is 5.00. The van der Waals surface area contributed by atoms with Crippen molar-refractivity contribution in [3.8, 4) is 0 Å². The second-order valence-electron chi connectivity index (χ2n) is 6.86. The van der Waals surface area contributed by atoms with Crippen LogP contribution in [0, 0.1) is 6.92 Å². The Bertz CT molecular complexity index is 1260. The van der Waals surface area contributed by atoms with Crippen LogP contribution in [0.2, 0.25) is 0 Å². The number of hydrogen-bond acceptors (Lipinski definition) is 6. The molecule has 0 aromatic carbocycles. The SMILES string of the molecule is Cc1nnc(C(=O)N2CCc3[nH]cnc3[C@H]2c2cc3c(C(F)(F)F)cccn3n2)o1. The Morgan fingerprint density at radius 3 is 2.90 bits per heavy atom. The van der Waals surface area contributed by atoms with Crippen molar-refractivity contribution in [1.29, 1.82) is 0 Å². The van der Waals surface area contributed by atoms with Crippen LogP contribution in [0.15, 0.2) is 35.1 Å². The average molecular weight is 417 g/mol. The molecule has 1 aliphatic rings. The molecule has 0 unspecified atom stereocenters. The van der Waals surface area contributed by atoms with Crippen molar-refractivity contribution in [2.75, 3.05) is 6.54 Å². The normalized spacial score (nSPS) is 16.8. The van der Waals surface area contributed by atoms with Crippen molar-refractivity contribution >= 4 is 11.4 Å². The number of carbonyl (C=O) groups excluding carboxylic acids is 1. The minimum Gasteiger partial charge on any atom is -0.417 e. The van der Waals surface area contributed by atoms with E-state index in [2.05, 4.69) is 25.3 Å². The minimum atomic E-state index is -4.54. The second-order valence-corrected chi connectivity index (χ2v) is 6.86. The van der Waals surface area contributed by atoms with Crippen LogP contribution in [0.1, 0.15) is 45.3 Å². The summed E-state index contributed by atoms with van der Waals surface area (Å²) in [6, 6.07) is 2.79. The molecule has 0 fully saturated rings. The molecule has 154 valence electrons. The lowest BCUT2D eigenvalue weighted by molar-refractivity contribution is -0.136. The van der Waals surface area contributed by atoms with Crippen molar-refractivity contribution in [3.63, 3.8) is 0 Å². The van der Waals surface area contributed by atoms with Crippen molar-refractivity contribution in [2.45, 2.75) is 25.6 Å². The summed E-state index contributed by atoms with van der Waals surface area (Å²) in [5.74, 6) is -0.506. The van der Waals surface area contributed by atoms with Gasteiger partial charge in [-0.3, -0.25) is 4.79 Å². The second kappa shape index (κ2) is 6.40. The number of nitrogens with zero attached hydrogens (tertiary/aromatic N) is 6. The van der Waals surface area contributed by atoms with Gasteiger partial charge in [-0.15, -0.1) is 10.2 Å². The zero-order valence-electron chi connectivity index (χ0n) is 15.5. The van der Waals surface area contributed by atoms with Crippen LogP contribution < -0.4 is 0 Å². The highest BCUT2D eigenvalue weighted by Gasteiger charge is 2.39. The number of fused-ring (bicyclic) bond motifs is 2. The van der Waals surface area contributed by atoms with Gasteiger partial charge in [0.05, 0.1) is 28.8 Å². The van der Waals surface area contributed by atoms with Gasteiger partial charge in [0.2, 0.25) is 5.89 Å². The van der Waals surface area contributed by atoms with Gasteiger partial charge in [-0.1, -0.05) is 0 Å². The summed E-state index contributed by atoms with van der Waals surface area (Å²) in [6.45, 7) is 1.84. The first kappa shape index (κ1) is 18.3. The number of pyridine rings is 1. The van der Waals surface area contributed by atoms with Crippen LogP contribution in [0.4, 0.5) is 13.2 Å². The number of aromatic amines is 1. The molecule has 1 amide bonds. The molecule has 9 nitrogen and oxygen atoms in total. The molecular formula is C18H14F3N7O2. The van der Waals surface area contributed by atoms with Gasteiger partial charge in [0.25, 0.3) is 0 Å². The first-order valence-electron chi connectivity index (χ1n) is 9.01. The Morgan fingerprint density at radius 2 is 2.17 bits per heavy atom. The Kier molecular flexibility index (Phi) is 3.91. The van der Waals surface area contributed by atoms with Gasteiger partial charge in [0, 0.05) is 31.8 Å². The van der Waals surface area contributed by atoms with Crippen molar-refractivity contribution in [2.24, 2.45) is 0 Å². The van der Waals surface area contributed by atoms with Gasteiger partial charge in [0.15, 0.2) is 0 Å². The van der Waals surface area contributed by atoms with Crippen LogP contribution in [0.5, 0.6) is 0 Å². The van der Waals surface area contributed by atoms with E-state index in [1.54, 1.807) is 6.92 Å². The zero-order valence-corrected chi connectivity index (χ0v) is 15.5. The van der Waals surface area contributed by atoms with Crippen LogP contribution in [-0.2, 0) is 12.6 Å². The van der Waals surface area contributed by atoms with Crippen LogP contribution in [-0.4, -0.2) is 47.1 Å². The lowest BCUT2D eigenvalue weighted by Gasteiger charge is -2.32. The standard InChI is InChI=1S/C18H14F3N7O2/c1-9-24-25-16(30-9)17(29)27-6-4-11-14(23-8-22-11)15(27)12-7-13-10(18(19,20)21)3-2-5-28(13)26-12/h2-3,5,7-8,15H,4,6H2,1H3,(H,22,23)/t15-/m1/s1. The van der Waals surface area contributed by atoms with Crippen LogP contribution in [0.3, 0.4) is 0 Å². The summed E-state index contributed by atoms with van der Waals surface area (Å²) in [6.07, 6.45) is -1.14. The van der Waals surface area contributed by atoms with E-state index in [9.17, 15) is 18.0 Å². The highest BCUT2D eigenvalue weighted by Crippen LogP contribution is 2.37. The first-order chi connectivity index (χ1) is 14.3. The number of rotatable bonds is 2. The molecule has 5 rings (SSSR count). The summed E-state index contributed by atoms with van der Waals surface area (Å²) in [5, 5.41) is 11.8. The topological polar surface area (TPSA) is 105 Å². The maximum absolute atomic E-state index is 13.4. The summed E-state index contributed by atoms with van der Waals surface area (Å²) in [4.78, 5) is 21.8. The Morgan fingerprint density at radius 1 is 1.33 bits per heavy atom. The number of aromatic nitrogens is 6. The van der Waals surface area contributed by atoms with Crippen LogP contribution in [0.25, 0.3) is 5.52 Å². The number of nitrogens with one attached hydrogen (secondary N) is 1. The number of halogens is 3. The van der Waals surface area contributed by atoms with E-state index < -0.39 is 23.7 Å². The quantitative estimate of drug-likeness (QED) is 0.538. The number of amides is 1. The van der Waals surface area contributed by atoms with Gasteiger partial charge in [-0.2, -0.15) is 18.3 Å². The number of carbonyl (C=O) groups is 1. The van der Waals surface area contributed by atoms with Crippen LogP contribution >= 0.6 is 0 Å². The summed E-state index contributed by atoms with van der Waals surface area (Å²) < 4.78 is 46.7. The van der Waals surface area contributed by atoms with E-state index in [4.69, 9.17) is 4.42 Å². The number of imidazole rings is 1.